The van der Waals surface area contributed by atoms with Crippen LogP contribution in [0.4, 0.5) is 13.2 Å². The second kappa shape index (κ2) is 12.5. The second-order valence-corrected chi connectivity index (χ2v) is 6.72. The fourth-order valence-electron chi connectivity index (χ4n) is 1.68. The summed E-state index contributed by atoms with van der Waals surface area (Å²) in [5.41, 5.74) is 4.92. The van der Waals surface area contributed by atoms with Crippen LogP contribution in [0.1, 0.15) is 6.92 Å². The molecule has 1 rings (SSSR count). The molecule has 0 radical (unpaired) electrons. The lowest BCUT2D eigenvalue weighted by molar-refractivity contribution is -0.137. The maximum atomic E-state index is 13.6. The van der Waals surface area contributed by atoms with Crippen molar-refractivity contribution in [3.05, 3.63) is 23.8 Å². The maximum Gasteiger partial charge on any atom is 0.252 e. The number of pyridine rings is 1. The predicted molar refractivity (Wildman–Crippen MR) is 100 cm³/mol. The second-order valence-electron chi connectivity index (χ2n) is 5.48. The summed E-state index contributed by atoms with van der Waals surface area (Å²) >= 11 is 4.30. The van der Waals surface area contributed by atoms with E-state index in [1.165, 1.54) is 6.92 Å². The van der Waals surface area contributed by atoms with Gasteiger partial charge in [0.1, 0.15) is 5.78 Å². The van der Waals surface area contributed by atoms with Crippen molar-refractivity contribution < 1.29 is 32.3 Å². The Kier molecular flexibility index (Phi) is 10.8. The van der Waals surface area contributed by atoms with E-state index in [2.05, 4.69) is 38.5 Å². The van der Waals surface area contributed by atoms with Gasteiger partial charge in [-0.1, -0.05) is 0 Å². The Hall–Kier alpha value is -2.00. The Labute approximate surface area is 173 Å². The van der Waals surface area contributed by atoms with Gasteiger partial charge in [0.15, 0.2) is 5.82 Å². The first-order chi connectivity index (χ1) is 13.6. The highest BCUT2D eigenvalue weighted by Gasteiger charge is 2.25. The highest BCUT2D eigenvalue weighted by molar-refractivity contribution is 7.97. The fraction of sp³-hybridized carbons (Fsp3) is 0.400. The lowest BCUT2D eigenvalue weighted by atomic mass is 10.1. The van der Waals surface area contributed by atoms with Gasteiger partial charge in [-0.15, -0.1) is 0 Å². The first-order valence-electron chi connectivity index (χ1n) is 7.99. The Morgan fingerprint density at radius 3 is 2.41 bits per heavy atom. The molecule has 1 amide bonds. The molecule has 29 heavy (non-hydrogen) atoms. The van der Waals surface area contributed by atoms with Crippen molar-refractivity contribution in [1.29, 1.82) is 0 Å². The fourth-order valence-corrected chi connectivity index (χ4v) is 2.85. The van der Waals surface area contributed by atoms with Crippen molar-refractivity contribution in [2.45, 2.75) is 17.9 Å². The minimum atomic E-state index is -1.65. The van der Waals surface area contributed by atoms with Crippen molar-refractivity contribution in [1.82, 2.24) is 25.9 Å². The Balaban J connectivity index is 2.50. The number of ketones is 3. The molecule has 1 atom stereocenters. The zero-order chi connectivity index (χ0) is 22.0. The minimum Gasteiger partial charge on any atom is -0.347 e. The summed E-state index contributed by atoms with van der Waals surface area (Å²) in [6, 6.07) is -0.590. The normalized spacial score (nSPS) is 11.8. The minimum absolute atomic E-state index is 0.00350. The number of hydrazine groups is 1. The Morgan fingerprint density at radius 1 is 1.14 bits per heavy atom. The number of aromatic nitrogens is 1. The highest BCUT2D eigenvalue weighted by atomic mass is 32.2. The van der Waals surface area contributed by atoms with E-state index >= 15 is 0 Å². The van der Waals surface area contributed by atoms with Gasteiger partial charge in [-0.25, -0.2) is 20.0 Å². The zero-order valence-electron chi connectivity index (χ0n) is 15.1. The number of halogens is 3. The van der Waals surface area contributed by atoms with Crippen LogP contribution in [0.25, 0.3) is 0 Å². The van der Waals surface area contributed by atoms with Crippen LogP contribution in [-0.2, 0) is 19.2 Å². The van der Waals surface area contributed by atoms with E-state index < -0.39 is 52.7 Å². The molecule has 0 aliphatic carbocycles. The standard InChI is InChI=1S/C15H18F3N5O4S2/c1-7(24)3-20-21-5-12(26)19-4-9(25)14(27)8(6-28)23-29-10-2-11(16)22-15(18)13(10)17/h2,8,20-21,23,28H,3-6H2,1H3,(H,19,26)/t8-/m0/s1. The lowest BCUT2D eigenvalue weighted by Gasteiger charge is -2.14. The van der Waals surface area contributed by atoms with E-state index in [0.29, 0.717) is 18.0 Å². The third kappa shape index (κ3) is 8.91. The molecule has 0 fully saturated rings. The van der Waals surface area contributed by atoms with Gasteiger partial charge in [-0.05, 0) is 18.9 Å². The van der Waals surface area contributed by atoms with E-state index in [1.54, 1.807) is 0 Å². The monoisotopic (exact) mass is 453 g/mol. The summed E-state index contributed by atoms with van der Waals surface area (Å²) in [6.45, 7) is 0.496. The van der Waals surface area contributed by atoms with Crippen LogP contribution < -0.4 is 20.9 Å². The van der Waals surface area contributed by atoms with Gasteiger partial charge < -0.3 is 5.32 Å². The Bertz CT molecular complexity index is 785. The van der Waals surface area contributed by atoms with Gasteiger partial charge in [0.25, 0.3) is 5.95 Å². The summed E-state index contributed by atoms with van der Waals surface area (Å²) in [6.07, 6.45) is 0. The lowest BCUT2D eigenvalue weighted by Crippen LogP contribution is -2.46. The number of thiol groups is 1. The SMILES string of the molecule is CC(=O)CNNCC(=O)NCC(=O)C(=O)[C@H](CS)NSc1cc(F)nc(F)c1F. The topological polar surface area (TPSA) is 129 Å². The zero-order valence-corrected chi connectivity index (χ0v) is 16.8. The van der Waals surface area contributed by atoms with Crippen molar-refractivity contribution in [3.63, 3.8) is 0 Å². The number of carbonyl (C=O) groups excluding carboxylic acids is 4. The van der Waals surface area contributed by atoms with Crippen LogP contribution in [-0.4, -0.2) is 59.7 Å². The molecule has 0 saturated carbocycles. The van der Waals surface area contributed by atoms with Crippen LogP contribution in [0.3, 0.4) is 0 Å². The van der Waals surface area contributed by atoms with Crippen molar-refractivity contribution in [3.8, 4) is 0 Å². The average Bonchev–Trinajstić information content (AvgIpc) is 2.66. The molecule has 4 N–H and O–H groups in total. The molecule has 9 nitrogen and oxygen atoms in total. The molecule has 0 unspecified atom stereocenters. The third-order valence-electron chi connectivity index (χ3n) is 3.10. The van der Waals surface area contributed by atoms with Crippen LogP contribution in [0.5, 0.6) is 0 Å². The van der Waals surface area contributed by atoms with Crippen LogP contribution in [0.15, 0.2) is 11.0 Å². The largest absolute Gasteiger partial charge is 0.347 e. The molecular weight excluding hydrogens is 435 g/mol. The van der Waals surface area contributed by atoms with Gasteiger partial charge in [-0.2, -0.15) is 26.4 Å². The van der Waals surface area contributed by atoms with Gasteiger partial charge >= 0.3 is 0 Å². The van der Waals surface area contributed by atoms with E-state index in [1.807, 2.05) is 0 Å². The quantitative estimate of drug-likeness (QED) is 0.0660. The maximum absolute atomic E-state index is 13.6. The molecule has 0 spiro atoms. The molecular formula is C15H18F3N5O4S2. The van der Waals surface area contributed by atoms with E-state index in [9.17, 15) is 32.3 Å². The summed E-state index contributed by atoms with van der Waals surface area (Å²) < 4.78 is 42.1. The summed E-state index contributed by atoms with van der Waals surface area (Å²) in [7, 11) is 0. The van der Waals surface area contributed by atoms with Crippen LogP contribution in [0.2, 0.25) is 0 Å². The molecule has 1 aromatic heterocycles. The van der Waals surface area contributed by atoms with Crippen molar-refractivity contribution in [2.75, 3.05) is 25.4 Å². The van der Waals surface area contributed by atoms with E-state index in [0.717, 1.165) is 0 Å². The predicted octanol–water partition coefficient (Wildman–Crippen LogP) is -0.668. The molecule has 160 valence electrons. The molecule has 0 aliphatic rings. The van der Waals surface area contributed by atoms with E-state index in [-0.39, 0.29) is 24.6 Å². The third-order valence-corrected chi connectivity index (χ3v) is 4.38. The van der Waals surface area contributed by atoms with Crippen molar-refractivity contribution in [2.24, 2.45) is 0 Å². The molecule has 1 heterocycles. The number of nitrogens with zero attached hydrogens (tertiary/aromatic N) is 1. The van der Waals surface area contributed by atoms with Gasteiger partial charge in [0.05, 0.1) is 30.6 Å². The molecule has 0 saturated heterocycles. The first-order valence-corrected chi connectivity index (χ1v) is 9.44. The number of hydrogen-bond donors (Lipinski definition) is 5. The molecule has 0 aliphatic heterocycles. The number of nitrogens with one attached hydrogen (secondary N) is 4. The number of Topliss-reactive ketones (excluding diaryl/α,β-unsaturated/α-hetero) is 3. The van der Waals surface area contributed by atoms with Gasteiger partial charge in [0, 0.05) is 11.8 Å². The summed E-state index contributed by atoms with van der Waals surface area (Å²) in [4.78, 5) is 48.5. The number of amides is 1. The van der Waals surface area contributed by atoms with Crippen LogP contribution in [0, 0.1) is 17.7 Å². The molecule has 14 heteroatoms. The summed E-state index contributed by atoms with van der Waals surface area (Å²) in [5.74, 6) is -7.20. The number of rotatable bonds is 13. The average molecular weight is 453 g/mol. The smallest absolute Gasteiger partial charge is 0.252 e. The Morgan fingerprint density at radius 2 is 1.79 bits per heavy atom. The van der Waals surface area contributed by atoms with E-state index in [4.69, 9.17) is 0 Å². The molecule has 1 aromatic rings. The van der Waals surface area contributed by atoms with Gasteiger partial charge in [0.2, 0.25) is 23.4 Å². The highest BCUT2D eigenvalue weighted by Crippen LogP contribution is 2.21. The molecule has 0 aromatic carbocycles. The summed E-state index contributed by atoms with van der Waals surface area (Å²) in [5, 5.41) is 2.20. The van der Waals surface area contributed by atoms with Gasteiger partial charge in [-0.3, -0.25) is 19.2 Å². The first kappa shape index (κ1) is 25.0. The number of hydrogen-bond acceptors (Lipinski definition) is 10. The van der Waals surface area contributed by atoms with Crippen molar-refractivity contribution >= 4 is 47.8 Å². The number of carbonyl (C=O) groups is 4. The van der Waals surface area contributed by atoms with Crippen LogP contribution >= 0.6 is 24.6 Å². The molecule has 0 bridgehead atoms.